The van der Waals surface area contributed by atoms with Crippen LogP contribution in [0.3, 0.4) is 0 Å². The fourth-order valence-corrected chi connectivity index (χ4v) is 5.85. The van der Waals surface area contributed by atoms with Crippen molar-refractivity contribution in [2.75, 3.05) is 45.2 Å². The van der Waals surface area contributed by atoms with Crippen molar-refractivity contribution in [2.24, 2.45) is 5.92 Å². The minimum absolute atomic E-state index is 0.123. The third kappa shape index (κ3) is 3.24. The number of fused-ring (bicyclic) bond motifs is 2. The number of nitrogens with zero attached hydrogens (tertiary/aromatic N) is 5. The van der Waals surface area contributed by atoms with E-state index in [1.54, 1.807) is 14.1 Å². The summed E-state index contributed by atoms with van der Waals surface area (Å²) >= 11 is 0. The molecule has 1 aromatic rings. The topological polar surface area (TPSA) is 89.9 Å². The summed E-state index contributed by atoms with van der Waals surface area (Å²) in [6, 6.07) is 0. The van der Waals surface area contributed by atoms with Crippen molar-refractivity contribution < 1.29 is 13.5 Å². The summed E-state index contributed by atoms with van der Waals surface area (Å²) in [6.45, 7) is 4.01. The van der Waals surface area contributed by atoms with E-state index in [4.69, 9.17) is 4.98 Å². The minimum atomic E-state index is -3.46. The van der Waals surface area contributed by atoms with Crippen LogP contribution < -0.4 is 4.90 Å². The number of piperidine rings is 2. The molecule has 0 amide bonds. The minimum Gasteiger partial charge on any atom is -0.389 e. The molecule has 3 heterocycles. The Bertz CT molecular complexity index is 844. The first kappa shape index (κ1) is 19.0. The number of aromatic nitrogens is 2. The summed E-state index contributed by atoms with van der Waals surface area (Å²) in [7, 11) is -0.361. The van der Waals surface area contributed by atoms with E-state index in [9.17, 15) is 13.5 Å². The number of anilines is 1. The molecular formula is C18H29N5O3S. The van der Waals surface area contributed by atoms with Gasteiger partial charge in [0.25, 0.3) is 10.2 Å². The van der Waals surface area contributed by atoms with Crippen molar-refractivity contribution in [3.05, 3.63) is 17.1 Å². The van der Waals surface area contributed by atoms with Crippen LogP contribution in [0.2, 0.25) is 0 Å². The summed E-state index contributed by atoms with van der Waals surface area (Å²) in [5, 5.41) is 11.1. The lowest BCUT2D eigenvalue weighted by Gasteiger charge is -2.50. The van der Waals surface area contributed by atoms with Crippen molar-refractivity contribution in [1.82, 2.24) is 18.6 Å². The Hall–Kier alpha value is -1.29. The number of hydrogen-bond acceptors (Lipinski definition) is 6. The van der Waals surface area contributed by atoms with Gasteiger partial charge in [0.05, 0.1) is 5.60 Å². The van der Waals surface area contributed by atoms with Crippen molar-refractivity contribution in [1.29, 1.82) is 0 Å². The summed E-state index contributed by atoms with van der Waals surface area (Å²) < 4.78 is 27.9. The molecule has 1 N–H and O–H groups in total. The van der Waals surface area contributed by atoms with Gasteiger partial charge in [-0.15, -0.1) is 0 Å². The second-order valence-corrected chi connectivity index (χ2v) is 10.4. The van der Waals surface area contributed by atoms with E-state index < -0.39 is 15.8 Å². The first-order valence-corrected chi connectivity index (χ1v) is 11.1. The Morgan fingerprint density at radius 3 is 2.63 bits per heavy atom. The number of hydrogen-bond donors (Lipinski definition) is 1. The van der Waals surface area contributed by atoms with E-state index in [0.717, 1.165) is 43.1 Å². The molecule has 2 saturated heterocycles. The molecule has 2 atom stereocenters. The molecule has 0 bridgehead atoms. The summed E-state index contributed by atoms with van der Waals surface area (Å²) in [6.07, 6.45) is 4.24. The van der Waals surface area contributed by atoms with Crippen LogP contribution in [0.1, 0.15) is 36.3 Å². The van der Waals surface area contributed by atoms with Gasteiger partial charge in [0.15, 0.2) is 0 Å². The van der Waals surface area contributed by atoms with Crippen LogP contribution in [-0.4, -0.2) is 78.0 Å². The van der Waals surface area contributed by atoms with Gasteiger partial charge in [-0.2, -0.15) is 17.0 Å². The molecule has 0 aromatic carbocycles. The lowest BCUT2D eigenvalue weighted by molar-refractivity contribution is -0.0695. The van der Waals surface area contributed by atoms with Crippen LogP contribution >= 0.6 is 0 Å². The highest BCUT2D eigenvalue weighted by atomic mass is 32.2. The summed E-state index contributed by atoms with van der Waals surface area (Å²) in [4.78, 5) is 11.5. The molecular weight excluding hydrogens is 366 g/mol. The second-order valence-electron chi connectivity index (χ2n) is 8.27. The highest BCUT2D eigenvalue weighted by Crippen LogP contribution is 2.39. The monoisotopic (exact) mass is 395 g/mol. The SMILES string of the molecule is Cc1nc2c(c(N3CC[C@@]4(O)CCN(S(=O)(=O)N(C)C)C[C@H]4C3)n1)CCC2. The molecule has 1 aliphatic carbocycles. The van der Waals surface area contributed by atoms with Crippen LogP contribution in [0, 0.1) is 12.8 Å². The van der Waals surface area contributed by atoms with Gasteiger partial charge in [0.1, 0.15) is 11.6 Å². The first-order chi connectivity index (χ1) is 12.7. The maximum Gasteiger partial charge on any atom is 0.281 e. The maximum atomic E-state index is 12.5. The highest BCUT2D eigenvalue weighted by molar-refractivity contribution is 7.86. The molecule has 8 nitrogen and oxygen atoms in total. The van der Waals surface area contributed by atoms with Crippen LogP contribution in [0.4, 0.5) is 5.82 Å². The average Bonchev–Trinajstić information content (AvgIpc) is 3.08. The van der Waals surface area contributed by atoms with Gasteiger partial charge >= 0.3 is 0 Å². The molecule has 1 aromatic heterocycles. The lowest BCUT2D eigenvalue weighted by Crippen LogP contribution is -2.61. The Kier molecular flexibility index (Phi) is 4.69. The van der Waals surface area contributed by atoms with Crippen molar-refractivity contribution in [2.45, 2.75) is 44.6 Å². The smallest absolute Gasteiger partial charge is 0.281 e. The maximum absolute atomic E-state index is 12.5. The summed E-state index contributed by atoms with van der Waals surface area (Å²) in [5.41, 5.74) is 1.60. The van der Waals surface area contributed by atoms with Gasteiger partial charge in [0.2, 0.25) is 0 Å². The predicted molar refractivity (Wildman–Crippen MR) is 103 cm³/mol. The standard InChI is InChI=1S/C18H29N5O3S/c1-13-19-16-6-4-5-15(16)17(20-13)22-9-7-18(24)8-10-23(12-14(18)11-22)27(25,26)21(2)3/h14,24H,4-12H2,1-3H3/t14-,18-/m1/s1. The Labute approximate surface area is 161 Å². The van der Waals surface area contributed by atoms with Gasteiger partial charge < -0.3 is 10.0 Å². The average molecular weight is 396 g/mol. The number of aliphatic hydroxyl groups is 1. The van der Waals surface area contributed by atoms with Crippen LogP contribution in [-0.2, 0) is 23.1 Å². The van der Waals surface area contributed by atoms with E-state index in [-0.39, 0.29) is 5.92 Å². The fourth-order valence-electron chi connectivity index (χ4n) is 4.70. The zero-order chi connectivity index (χ0) is 19.4. The number of rotatable bonds is 3. The van der Waals surface area contributed by atoms with E-state index >= 15 is 0 Å². The molecule has 9 heteroatoms. The van der Waals surface area contributed by atoms with Crippen molar-refractivity contribution in [3.63, 3.8) is 0 Å². The molecule has 4 rings (SSSR count). The third-order valence-corrected chi connectivity index (χ3v) is 8.25. The molecule has 0 spiro atoms. The Morgan fingerprint density at radius 1 is 1.15 bits per heavy atom. The largest absolute Gasteiger partial charge is 0.389 e. The van der Waals surface area contributed by atoms with Gasteiger partial charge in [-0.25, -0.2) is 9.97 Å². The normalized spacial score (nSPS) is 29.1. The Morgan fingerprint density at radius 2 is 1.89 bits per heavy atom. The van der Waals surface area contributed by atoms with Crippen LogP contribution in [0.5, 0.6) is 0 Å². The van der Waals surface area contributed by atoms with Crippen molar-refractivity contribution >= 4 is 16.0 Å². The second kappa shape index (κ2) is 6.65. The van der Waals surface area contributed by atoms with Gasteiger partial charge in [-0.1, -0.05) is 0 Å². The Balaban J connectivity index is 1.59. The molecule has 2 fully saturated rings. The lowest BCUT2D eigenvalue weighted by atomic mass is 9.76. The molecule has 150 valence electrons. The molecule has 27 heavy (non-hydrogen) atoms. The van der Waals surface area contributed by atoms with E-state index in [0.29, 0.717) is 32.5 Å². The predicted octanol–water partition coefficient (Wildman–Crippen LogP) is 0.343. The molecule has 2 aliphatic heterocycles. The van der Waals surface area contributed by atoms with Gasteiger partial charge in [0, 0.05) is 57.4 Å². The number of aryl methyl sites for hydroxylation is 2. The van der Waals surface area contributed by atoms with Crippen LogP contribution in [0.15, 0.2) is 0 Å². The van der Waals surface area contributed by atoms with E-state index in [1.807, 2.05) is 6.92 Å². The molecule has 0 saturated carbocycles. The third-order valence-electron chi connectivity index (χ3n) is 6.34. The fraction of sp³-hybridized carbons (Fsp3) is 0.778. The molecule has 3 aliphatic rings. The van der Waals surface area contributed by atoms with E-state index in [1.165, 1.54) is 14.2 Å². The van der Waals surface area contributed by atoms with E-state index in [2.05, 4.69) is 9.88 Å². The quantitative estimate of drug-likeness (QED) is 0.794. The van der Waals surface area contributed by atoms with Crippen molar-refractivity contribution in [3.8, 4) is 0 Å². The molecule has 0 unspecified atom stereocenters. The summed E-state index contributed by atoms with van der Waals surface area (Å²) in [5.74, 6) is 1.65. The zero-order valence-corrected chi connectivity index (χ0v) is 17.2. The molecule has 0 radical (unpaired) electrons. The van der Waals surface area contributed by atoms with Crippen LogP contribution in [0.25, 0.3) is 0 Å². The highest BCUT2D eigenvalue weighted by Gasteiger charge is 2.48. The van der Waals surface area contributed by atoms with Gasteiger partial charge in [-0.05, 0) is 39.0 Å². The first-order valence-electron chi connectivity index (χ1n) is 9.72. The van der Waals surface area contributed by atoms with Gasteiger partial charge in [-0.3, -0.25) is 0 Å². The zero-order valence-electron chi connectivity index (χ0n) is 16.3.